The molecule has 2 heterocycles. The molecule has 9 heteroatoms. The van der Waals surface area contributed by atoms with Gasteiger partial charge in [0.1, 0.15) is 0 Å². The van der Waals surface area contributed by atoms with E-state index in [1.54, 1.807) is 11.8 Å². The number of carbonyl (C=O) groups is 2. The maximum Gasteiger partial charge on any atom is 0.362 e. The summed E-state index contributed by atoms with van der Waals surface area (Å²) in [6, 6.07) is -0.298. The van der Waals surface area contributed by atoms with Gasteiger partial charge in [0.15, 0.2) is 5.00 Å². The third-order valence-electron chi connectivity index (χ3n) is 2.88. The van der Waals surface area contributed by atoms with Crippen LogP contribution in [0.5, 0.6) is 0 Å². The third-order valence-corrected chi connectivity index (χ3v) is 3.53. The minimum absolute atomic E-state index is 0.0244. The van der Waals surface area contributed by atoms with E-state index < -0.39 is 5.97 Å². The largest absolute Gasteiger partial charge is 0.461 e. The first-order chi connectivity index (χ1) is 10.0. The molecule has 21 heavy (non-hydrogen) atoms. The number of carbonyl (C=O) groups excluding carboxylic acids is 2. The van der Waals surface area contributed by atoms with Gasteiger partial charge in [-0.15, -0.1) is 5.10 Å². The number of nitrogens with one attached hydrogen (secondary N) is 1. The van der Waals surface area contributed by atoms with Crippen molar-refractivity contribution in [3.05, 3.63) is 5.69 Å². The normalized spacial score (nSPS) is 22.0. The van der Waals surface area contributed by atoms with Crippen molar-refractivity contribution in [2.24, 2.45) is 0 Å². The van der Waals surface area contributed by atoms with Crippen molar-refractivity contribution in [2.75, 3.05) is 25.0 Å². The first-order valence-electron chi connectivity index (χ1n) is 6.72. The Labute approximate surface area is 126 Å². The highest BCUT2D eigenvalue weighted by atomic mass is 32.1. The maximum absolute atomic E-state index is 12.2. The molecule has 116 valence electrons. The van der Waals surface area contributed by atoms with E-state index in [1.807, 2.05) is 13.8 Å². The molecule has 2 atom stereocenters. The van der Waals surface area contributed by atoms with Crippen molar-refractivity contribution < 1.29 is 19.1 Å². The number of aromatic nitrogens is 2. The maximum atomic E-state index is 12.2. The zero-order valence-corrected chi connectivity index (χ0v) is 13.0. The SMILES string of the molecule is CCOC(=O)c1nnsc1NC(=O)N1C[C@@H](C)O[C@H](C)C1. The van der Waals surface area contributed by atoms with Crippen LogP contribution in [-0.2, 0) is 9.47 Å². The predicted octanol–water partition coefficient (Wildman–Crippen LogP) is 1.36. The van der Waals surface area contributed by atoms with E-state index in [4.69, 9.17) is 9.47 Å². The quantitative estimate of drug-likeness (QED) is 0.847. The van der Waals surface area contributed by atoms with E-state index in [9.17, 15) is 9.59 Å². The van der Waals surface area contributed by atoms with Crippen LogP contribution in [0.2, 0.25) is 0 Å². The lowest BCUT2D eigenvalue weighted by atomic mass is 10.2. The number of esters is 1. The summed E-state index contributed by atoms with van der Waals surface area (Å²) in [5, 5.41) is 6.66. The Bertz CT molecular complexity index is 511. The van der Waals surface area contributed by atoms with Gasteiger partial charge in [0.25, 0.3) is 0 Å². The van der Waals surface area contributed by atoms with Crippen molar-refractivity contribution in [3.63, 3.8) is 0 Å². The lowest BCUT2D eigenvalue weighted by Gasteiger charge is -2.35. The second-order valence-electron chi connectivity index (χ2n) is 4.76. The summed E-state index contributed by atoms with van der Waals surface area (Å²) in [7, 11) is 0. The van der Waals surface area contributed by atoms with Crippen LogP contribution in [0.4, 0.5) is 9.80 Å². The van der Waals surface area contributed by atoms with Crippen molar-refractivity contribution in [1.29, 1.82) is 0 Å². The molecule has 8 nitrogen and oxygen atoms in total. The van der Waals surface area contributed by atoms with Crippen molar-refractivity contribution >= 4 is 28.5 Å². The highest BCUT2D eigenvalue weighted by molar-refractivity contribution is 7.10. The summed E-state index contributed by atoms with van der Waals surface area (Å²) in [4.78, 5) is 25.6. The van der Waals surface area contributed by atoms with Crippen LogP contribution in [0.15, 0.2) is 0 Å². The summed E-state index contributed by atoms with van der Waals surface area (Å²) in [6.07, 6.45) is -0.0489. The number of rotatable bonds is 3. The number of hydrogen-bond acceptors (Lipinski definition) is 7. The molecule has 1 saturated heterocycles. The van der Waals surface area contributed by atoms with Crippen LogP contribution in [0, 0.1) is 0 Å². The fraction of sp³-hybridized carbons (Fsp3) is 0.667. The highest BCUT2D eigenvalue weighted by Crippen LogP contribution is 2.20. The number of ether oxygens (including phenoxy) is 2. The Kier molecular flexibility index (Phi) is 5.07. The van der Waals surface area contributed by atoms with Gasteiger partial charge >= 0.3 is 12.0 Å². The average molecular weight is 314 g/mol. The molecule has 1 aliphatic rings. The fourth-order valence-electron chi connectivity index (χ4n) is 2.13. The van der Waals surface area contributed by atoms with Crippen molar-refractivity contribution in [1.82, 2.24) is 14.5 Å². The van der Waals surface area contributed by atoms with Gasteiger partial charge in [-0.25, -0.2) is 9.59 Å². The van der Waals surface area contributed by atoms with Crippen LogP contribution in [-0.4, -0.2) is 58.4 Å². The van der Waals surface area contributed by atoms with Crippen LogP contribution >= 0.6 is 11.5 Å². The molecule has 0 aromatic carbocycles. The molecular weight excluding hydrogens is 296 g/mol. The molecule has 2 rings (SSSR count). The Morgan fingerprint density at radius 2 is 2.10 bits per heavy atom. The highest BCUT2D eigenvalue weighted by Gasteiger charge is 2.27. The third kappa shape index (κ3) is 3.88. The second kappa shape index (κ2) is 6.81. The Morgan fingerprint density at radius 3 is 2.71 bits per heavy atom. The van der Waals surface area contributed by atoms with E-state index in [2.05, 4.69) is 14.9 Å². The summed E-state index contributed by atoms with van der Waals surface area (Å²) in [5.74, 6) is -0.592. The molecule has 1 aromatic rings. The average Bonchev–Trinajstić information content (AvgIpc) is 2.86. The van der Waals surface area contributed by atoms with E-state index >= 15 is 0 Å². The Morgan fingerprint density at radius 1 is 1.43 bits per heavy atom. The number of urea groups is 1. The Balaban J connectivity index is 2.03. The van der Waals surface area contributed by atoms with E-state index in [0.29, 0.717) is 18.1 Å². The molecule has 1 aromatic heterocycles. The zero-order chi connectivity index (χ0) is 15.4. The number of hydrogen-bond donors (Lipinski definition) is 1. The summed E-state index contributed by atoms with van der Waals surface area (Å²) < 4.78 is 14.1. The van der Waals surface area contributed by atoms with Gasteiger partial charge in [-0.05, 0) is 20.8 Å². The second-order valence-corrected chi connectivity index (χ2v) is 5.52. The van der Waals surface area contributed by atoms with E-state index in [0.717, 1.165) is 11.5 Å². The molecule has 1 N–H and O–H groups in total. The standard InChI is InChI=1S/C12H18N4O4S/c1-4-19-11(17)9-10(21-15-14-9)13-12(18)16-5-7(2)20-8(3)6-16/h7-8H,4-6H2,1-3H3,(H,13,18)/t7-,8-/m1/s1. The van der Waals surface area contributed by atoms with Gasteiger partial charge in [-0.2, -0.15) is 0 Å². The van der Waals surface area contributed by atoms with Gasteiger partial charge < -0.3 is 14.4 Å². The van der Waals surface area contributed by atoms with Crippen LogP contribution in [0.25, 0.3) is 0 Å². The van der Waals surface area contributed by atoms with E-state index in [1.165, 1.54) is 0 Å². The lowest BCUT2D eigenvalue weighted by molar-refractivity contribution is -0.0530. The first-order valence-corrected chi connectivity index (χ1v) is 7.49. The van der Waals surface area contributed by atoms with Gasteiger partial charge in [0.2, 0.25) is 5.69 Å². The summed E-state index contributed by atoms with van der Waals surface area (Å²) >= 11 is 0.946. The van der Waals surface area contributed by atoms with Crippen molar-refractivity contribution in [2.45, 2.75) is 33.0 Å². The van der Waals surface area contributed by atoms with Gasteiger partial charge in [-0.1, -0.05) is 4.49 Å². The molecule has 0 unspecified atom stereocenters. The van der Waals surface area contributed by atoms with Gasteiger partial charge in [0, 0.05) is 24.6 Å². The van der Waals surface area contributed by atoms with Gasteiger partial charge in [0.05, 0.1) is 18.8 Å². The number of morpholine rings is 1. The minimum atomic E-state index is -0.592. The number of nitrogens with zero attached hydrogens (tertiary/aromatic N) is 3. The summed E-state index contributed by atoms with van der Waals surface area (Å²) in [5.41, 5.74) is 0.0320. The predicted molar refractivity (Wildman–Crippen MR) is 76.5 cm³/mol. The number of amides is 2. The monoisotopic (exact) mass is 314 g/mol. The molecule has 0 aliphatic carbocycles. The van der Waals surface area contributed by atoms with Crippen LogP contribution < -0.4 is 5.32 Å². The van der Waals surface area contributed by atoms with Gasteiger partial charge in [-0.3, -0.25) is 5.32 Å². The Hall–Kier alpha value is -1.74. The molecule has 1 fully saturated rings. The lowest BCUT2D eigenvalue weighted by Crippen LogP contribution is -2.49. The molecule has 1 aliphatic heterocycles. The molecule has 0 bridgehead atoms. The minimum Gasteiger partial charge on any atom is -0.461 e. The first kappa shape index (κ1) is 15.6. The number of anilines is 1. The topological polar surface area (TPSA) is 93.7 Å². The zero-order valence-electron chi connectivity index (χ0n) is 12.2. The molecule has 0 radical (unpaired) electrons. The summed E-state index contributed by atoms with van der Waals surface area (Å²) in [6.45, 7) is 6.76. The van der Waals surface area contributed by atoms with E-state index in [-0.39, 0.29) is 30.5 Å². The van der Waals surface area contributed by atoms with Crippen LogP contribution in [0.1, 0.15) is 31.3 Å². The molecule has 0 spiro atoms. The molecule has 2 amide bonds. The fourth-order valence-corrected chi connectivity index (χ4v) is 2.67. The molecule has 0 saturated carbocycles. The smallest absolute Gasteiger partial charge is 0.362 e. The van der Waals surface area contributed by atoms with Crippen molar-refractivity contribution in [3.8, 4) is 0 Å². The molecular formula is C12H18N4O4S. The van der Waals surface area contributed by atoms with Crippen LogP contribution in [0.3, 0.4) is 0 Å².